The number of carbonyl (C=O) groups excluding carboxylic acids is 2. The Hall–Kier alpha value is -1.06. The second-order valence-corrected chi connectivity index (χ2v) is 4.53. The molecule has 4 nitrogen and oxygen atoms in total. The smallest absolute Gasteiger partial charge is 0.223 e. The summed E-state index contributed by atoms with van der Waals surface area (Å²) in [5, 5.41) is 2.88. The molecule has 1 aliphatic rings. The van der Waals surface area contributed by atoms with E-state index in [0.717, 1.165) is 19.3 Å². The van der Waals surface area contributed by atoms with Crippen LogP contribution in [0.4, 0.5) is 0 Å². The molecular weight excluding hydrogens is 204 g/mol. The summed E-state index contributed by atoms with van der Waals surface area (Å²) < 4.78 is 0. The lowest BCUT2D eigenvalue weighted by Crippen LogP contribution is -2.42. The van der Waals surface area contributed by atoms with Crippen LogP contribution in [0.1, 0.15) is 40.0 Å². The van der Waals surface area contributed by atoms with E-state index in [1.54, 1.807) is 6.92 Å². The average molecular weight is 226 g/mol. The lowest BCUT2D eigenvalue weighted by molar-refractivity contribution is -0.131. The van der Waals surface area contributed by atoms with E-state index in [1.807, 2.05) is 11.8 Å². The molecule has 0 saturated heterocycles. The van der Waals surface area contributed by atoms with Gasteiger partial charge in [0, 0.05) is 32.0 Å². The second kappa shape index (κ2) is 5.87. The molecule has 16 heavy (non-hydrogen) atoms. The molecule has 1 atom stereocenters. The molecule has 2 amide bonds. The van der Waals surface area contributed by atoms with E-state index in [4.69, 9.17) is 0 Å². The van der Waals surface area contributed by atoms with Gasteiger partial charge in [-0.05, 0) is 26.2 Å². The summed E-state index contributed by atoms with van der Waals surface area (Å²) in [6.07, 6.45) is 2.98. The van der Waals surface area contributed by atoms with Crippen molar-refractivity contribution in [3.63, 3.8) is 0 Å². The number of amides is 2. The Morgan fingerprint density at radius 2 is 2.06 bits per heavy atom. The van der Waals surface area contributed by atoms with Gasteiger partial charge >= 0.3 is 0 Å². The zero-order valence-corrected chi connectivity index (χ0v) is 10.5. The van der Waals surface area contributed by atoms with Crippen molar-refractivity contribution in [2.24, 2.45) is 5.92 Å². The van der Waals surface area contributed by atoms with Crippen LogP contribution in [0.3, 0.4) is 0 Å². The number of rotatable bonds is 6. The standard InChI is InChI=1S/C12H22N2O2/c1-4-9(2)14(10(3)15)8-7-13-12(16)11-5-6-11/h9,11H,4-8H2,1-3H3,(H,13,16). The summed E-state index contributed by atoms with van der Waals surface area (Å²) in [5.74, 6) is 0.469. The summed E-state index contributed by atoms with van der Waals surface area (Å²) in [4.78, 5) is 24.6. The van der Waals surface area contributed by atoms with Crippen LogP contribution in [0.5, 0.6) is 0 Å². The Morgan fingerprint density at radius 1 is 1.44 bits per heavy atom. The quantitative estimate of drug-likeness (QED) is 0.739. The minimum atomic E-state index is 0.0787. The maximum absolute atomic E-state index is 11.4. The highest BCUT2D eigenvalue weighted by atomic mass is 16.2. The van der Waals surface area contributed by atoms with Crippen molar-refractivity contribution in [2.45, 2.75) is 46.1 Å². The highest BCUT2D eigenvalue weighted by Gasteiger charge is 2.29. The topological polar surface area (TPSA) is 49.4 Å². The minimum absolute atomic E-state index is 0.0787. The van der Waals surface area contributed by atoms with Gasteiger partial charge in [-0.15, -0.1) is 0 Å². The fourth-order valence-corrected chi connectivity index (χ4v) is 1.70. The third-order valence-electron chi connectivity index (χ3n) is 3.13. The molecular formula is C12H22N2O2. The molecule has 1 aliphatic carbocycles. The first-order chi connectivity index (χ1) is 7.56. The molecule has 1 fully saturated rings. The molecule has 1 unspecified atom stereocenters. The molecule has 1 saturated carbocycles. The number of hydrogen-bond donors (Lipinski definition) is 1. The molecule has 0 aromatic rings. The van der Waals surface area contributed by atoms with Crippen LogP contribution in [0.2, 0.25) is 0 Å². The van der Waals surface area contributed by atoms with Gasteiger partial charge in [0.2, 0.25) is 11.8 Å². The van der Waals surface area contributed by atoms with Crippen LogP contribution >= 0.6 is 0 Å². The Labute approximate surface area is 97.4 Å². The predicted octanol–water partition coefficient (Wildman–Crippen LogP) is 1.16. The van der Waals surface area contributed by atoms with Gasteiger partial charge in [-0.25, -0.2) is 0 Å². The van der Waals surface area contributed by atoms with E-state index in [-0.39, 0.29) is 23.8 Å². The first-order valence-electron chi connectivity index (χ1n) is 6.11. The Kier molecular flexibility index (Phi) is 4.77. The van der Waals surface area contributed by atoms with Crippen molar-refractivity contribution in [1.82, 2.24) is 10.2 Å². The van der Waals surface area contributed by atoms with Gasteiger partial charge < -0.3 is 10.2 Å². The van der Waals surface area contributed by atoms with Gasteiger partial charge in [0.25, 0.3) is 0 Å². The summed E-state index contributed by atoms with van der Waals surface area (Å²) >= 11 is 0. The highest BCUT2D eigenvalue weighted by molar-refractivity contribution is 5.80. The van der Waals surface area contributed by atoms with Crippen LogP contribution in [0, 0.1) is 5.92 Å². The van der Waals surface area contributed by atoms with Gasteiger partial charge in [-0.2, -0.15) is 0 Å². The van der Waals surface area contributed by atoms with Gasteiger partial charge in [0.1, 0.15) is 0 Å². The average Bonchev–Trinajstić information content (AvgIpc) is 3.06. The van der Waals surface area contributed by atoms with Crippen molar-refractivity contribution in [3.8, 4) is 0 Å². The SMILES string of the molecule is CCC(C)N(CCNC(=O)C1CC1)C(C)=O. The van der Waals surface area contributed by atoms with E-state index in [0.29, 0.717) is 13.1 Å². The molecule has 0 bridgehead atoms. The number of nitrogens with zero attached hydrogens (tertiary/aromatic N) is 1. The van der Waals surface area contributed by atoms with Crippen molar-refractivity contribution >= 4 is 11.8 Å². The van der Waals surface area contributed by atoms with Crippen molar-refractivity contribution in [3.05, 3.63) is 0 Å². The molecule has 1 rings (SSSR count). The lowest BCUT2D eigenvalue weighted by Gasteiger charge is -2.27. The molecule has 0 aliphatic heterocycles. The summed E-state index contributed by atoms with van der Waals surface area (Å²) in [5.41, 5.74) is 0. The Morgan fingerprint density at radius 3 is 2.50 bits per heavy atom. The zero-order valence-electron chi connectivity index (χ0n) is 10.5. The van der Waals surface area contributed by atoms with Gasteiger partial charge in [0.15, 0.2) is 0 Å². The molecule has 1 N–H and O–H groups in total. The largest absolute Gasteiger partial charge is 0.354 e. The van der Waals surface area contributed by atoms with Gasteiger partial charge in [0.05, 0.1) is 0 Å². The summed E-state index contributed by atoms with van der Waals surface area (Å²) in [7, 11) is 0. The molecule has 0 aromatic carbocycles. The zero-order chi connectivity index (χ0) is 12.1. The summed E-state index contributed by atoms with van der Waals surface area (Å²) in [6, 6.07) is 0.246. The van der Waals surface area contributed by atoms with Crippen LogP contribution in [-0.4, -0.2) is 35.8 Å². The van der Waals surface area contributed by atoms with E-state index >= 15 is 0 Å². The van der Waals surface area contributed by atoms with Gasteiger partial charge in [-0.3, -0.25) is 9.59 Å². The number of hydrogen-bond acceptors (Lipinski definition) is 2. The Balaban J connectivity index is 2.26. The van der Waals surface area contributed by atoms with Crippen LogP contribution in [-0.2, 0) is 9.59 Å². The fourth-order valence-electron chi connectivity index (χ4n) is 1.70. The third-order valence-corrected chi connectivity index (χ3v) is 3.13. The molecule has 0 spiro atoms. The molecule has 0 aromatic heterocycles. The second-order valence-electron chi connectivity index (χ2n) is 4.53. The maximum atomic E-state index is 11.4. The van der Waals surface area contributed by atoms with Crippen molar-refractivity contribution in [2.75, 3.05) is 13.1 Å². The first-order valence-corrected chi connectivity index (χ1v) is 6.11. The third kappa shape index (κ3) is 3.83. The predicted molar refractivity (Wildman–Crippen MR) is 62.9 cm³/mol. The van der Waals surface area contributed by atoms with Gasteiger partial charge in [-0.1, -0.05) is 6.92 Å². The molecule has 0 radical (unpaired) electrons. The van der Waals surface area contributed by atoms with E-state index in [2.05, 4.69) is 12.2 Å². The van der Waals surface area contributed by atoms with E-state index < -0.39 is 0 Å². The maximum Gasteiger partial charge on any atom is 0.223 e. The fraction of sp³-hybridized carbons (Fsp3) is 0.833. The molecule has 4 heteroatoms. The van der Waals surface area contributed by atoms with Crippen molar-refractivity contribution in [1.29, 1.82) is 0 Å². The number of nitrogens with one attached hydrogen (secondary N) is 1. The summed E-state index contributed by atoms with van der Waals surface area (Å²) in [6.45, 7) is 6.85. The lowest BCUT2D eigenvalue weighted by atomic mass is 10.2. The first kappa shape index (κ1) is 13.0. The van der Waals surface area contributed by atoms with Crippen molar-refractivity contribution < 1.29 is 9.59 Å². The van der Waals surface area contributed by atoms with Crippen LogP contribution in [0.25, 0.3) is 0 Å². The molecule has 92 valence electrons. The minimum Gasteiger partial charge on any atom is -0.354 e. The Bertz CT molecular complexity index is 262. The highest BCUT2D eigenvalue weighted by Crippen LogP contribution is 2.28. The normalized spacial score (nSPS) is 16.7. The van der Waals surface area contributed by atoms with E-state index in [1.165, 1.54) is 0 Å². The van der Waals surface area contributed by atoms with Crippen LogP contribution < -0.4 is 5.32 Å². The molecule has 0 heterocycles. The van der Waals surface area contributed by atoms with Crippen LogP contribution in [0.15, 0.2) is 0 Å². The number of carbonyl (C=O) groups is 2. The van der Waals surface area contributed by atoms with E-state index in [9.17, 15) is 9.59 Å². The monoisotopic (exact) mass is 226 g/mol.